The number of benzene rings is 2. The lowest BCUT2D eigenvalue weighted by atomic mass is 10.1. The van der Waals surface area contributed by atoms with E-state index in [9.17, 15) is 13.2 Å². The predicted molar refractivity (Wildman–Crippen MR) is 119 cm³/mol. The summed E-state index contributed by atoms with van der Waals surface area (Å²) in [6.45, 7) is 5.56. The Morgan fingerprint density at radius 2 is 1.81 bits per heavy atom. The highest BCUT2D eigenvalue weighted by Gasteiger charge is 2.24. The van der Waals surface area contributed by atoms with Crippen LogP contribution in [-0.4, -0.2) is 49.2 Å². The second kappa shape index (κ2) is 8.89. The standard InChI is InChI=1S/C22H26N4O4S/c1-15-7-6-8-18(11-15)22-23-20(30-24-22)13-25(4)21(27)14-26(31(5,28)29)19-10-9-16(2)17(3)12-19/h6-12H,13-14H2,1-5H3. The predicted octanol–water partition coefficient (Wildman–Crippen LogP) is 3.09. The van der Waals surface area contributed by atoms with Crippen LogP contribution >= 0.6 is 0 Å². The molecule has 1 amide bonds. The van der Waals surface area contributed by atoms with E-state index >= 15 is 0 Å². The highest BCUT2D eigenvalue weighted by atomic mass is 32.2. The number of nitrogens with zero attached hydrogens (tertiary/aromatic N) is 4. The molecule has 0 atom stereocenters. The molecule has 164 valence electrons. The van der Waals surface area contributed by atoms with Crippen LogP contribution in [0.2, 0.25) is 0 Å². The van der Waals surface area contributed by atoms with Gasteiger partial charge in [0.1, 0.15) is 6.54 Å². The number of hydrogen-bond acceptors (Lipinski definition) is 6. The first kappa shape index (κ1) is 22.5. The minimum Gasteiger partial charge on any atom is -0.337 e. The van der Waals surface area contributed by atoms with Gasteiger partial charge in [0.15, 0.2) is 0 Å². The van der Waals surface area contributed by atoms with E-state index in [1.165, 1.54) is 4.90 Å². The van der Waals surface area contributed by atoms with E-state index in [0.717, 1.165) is 32.8 Å². The molecule has 0 unspecified atom stereocenters. The molecule has 0 spiro atoms. The third-order valence-electron chi connectivity index (χ3n) is 5.00. The number of aryl methyl sites for hydroxylation is 3. The van der Waals surface area contributed by atoms with Crippen LogP contribution < -0.4 is 4.31 Å². The maximum absolute atomic E-state index is 12.8. The number of aromatic nitrogens is 2. The molecule has 0 N–H and O–H groups in total. The molecule has 9 heteroatoms. The zero-order valence-electron chi connectivity index (χ0n) is 18.3. The first-order valence-electron chi connectivity index (χ1n) is 9.73. The molecule has 0 radical (unpaired) electrons. The highest BCUT2D eigenvalue weighted by molar-refractivity contribution is 7.92. The summed E-state index contributed by atoms with van der Waals surface area (Å²) in [5, 5.41) is 3.98. The number of carbonyl (C=O) groups excluding carboxylic acids is 1. The lowest BCUT2D eigenvalue weighted by molar-refractivity contribution is -0.129. The monoisotopic (exact) mass is 442 g/mol. The van der Waals surface area contributed by atoms with Crippen molar-refractivity contribution in [3.05, 3.63) is 65.0 Å². The summed E-state index contributed by atoms with van der Waals surface area (Å²) in [7, 11) is -2.08. The number of sulfonamides is 1. The molecule has 0 bridgehead atoms. The molecular weight excluding hydrogens is 416 g/mol. The number of rotatable bonds is 7. The fourth-order valence-corrected chi connectivity index (χ4v) is 3.88. The van der Waals surface area contributed by atoms with Gasteiger partial charge in [0.05, 0.1) is 18.5 Å². The molecule has 0 saturated heterocycles. The lowest BCUT2D eigenvalue weighted by Crippen LogP contribution is -2.41. The van der Waals surface area contributed by atoms with Crippen molar-refractivity contribution in [2.45, 2.75) is 27.3 Å². The van der Waals surface area contributed by atoms with Crippen LogP contribution in [0.3, 0.4) is 0 Å². The largest absolute Gasteiger partial charge is 0.337 e. The Kier molecular flexibility index (Phi) is 6.45. The minimum absolute atomic E-state index is 0.0716. The Morgan fingerprint density at radius 1 is 1.06 bits per heavy atom. The molecule has 3 rings (SSSR count). The van der Waals surface area contributed by atoms with Gasteiger partial charge in [-0.2, -0.15) is 4.98 Å². The molecular formula is C22H26N4O4S. The van der Waals surface area contributed by atoms with Crippen LogP contribution in [0.5, 0.6) is 0 Å². The van der Waals surface area contributed by atoms with Crippen molar-refractivity contribution >= 4 is 21.6 Å². The second-order valence-corrected chi connectivity index (χ2v) is 9.58. The third kappa shape index (κ3) is 5.49. The second-order valence-electron chi connectivity index (χ2n) is 7.67. The Hall–Kier alpha value is -3.20. The van der Waals surface area contributed by atoms with E-state index < -0.39 is 10.0 Å². The summed E-state index contributed by atoms with van der Waals surface area (Å²) >= 11 is 0. The molecule has 31 heavy (non-hydrogen) atoms. The molecule has 0 aliphatic heterocycles. The Morgan fingerprint density at radius 3 is 2.45 bits per heavy atom. The summed E-state index contributed by atoms with van der Waals surface area (Å²) < 4.78 is 31.1. The van der Waals surface area contributed by atoms with Crippen molar-refractivity contribution in [3.8, 4) is 11.4 Å². The average Bonchev–Trinajstić information content (AvgIpc) is 3.16. The van der Waals surface area contributed by atoms with Gasteiger partial charge in [0.25, 0.3) is 0 Å². The van der Waals surface area contributed by atoms with Gasteiger partial charge in [0, 0.05) is 12.6 Å². The van der Waals surface area contributed by atoms with Gasteiger partial charge >= 0.3 is 0 Å². The zero-order valence-corrected chi connectivity index (χ0v) is 19.1. The van der Waals surface area contributed by atoms with Gasteiger partial charge < -0.3 is 9.42 Å². The normalized spacial score (nSPS) is 11.4. The van der Waals surface area contributed by atoms with Crippen LogP contribution in [0.25, 0.3) is 11.4 Å². The maximum Gasteiger partial charge on any atom is 0.246 e. The van der Waals surface area contributed by atoms with E-state index in [0.29, 0.717) is 11.5 Å². The third-order valence-corrected chi connectivity index (χ3v) is 6.14. The molecule has 0 saturated carbocycles. The van der Waals surface area contributed by atoms with Gasteiger partial charge in [-0.25, -0.2) is 8.42 Å². The van der Waals surface area contributed by atoms with Crippen LogP contribution in [0.4, 0.5) is 5.69 Å². The lowest BCUT2D eigenvalue weighted by Gasteiger charge is -2.25. The summed E-state index contributed by atoms with van der Waals surface area (Å²) in [4.78, 5) is 18.5. The smallest absolute Gasteiger partial charge is 0.246 e. The molecule has 2 aromatic carbocycles. The van der Waals surface area contributed by atoms with Crippen molar-refractivity contribution in [1.82, 2.24) is 15.0 Å². The quantitative estimate of drug-likeness (QED) is 0.558. The average molecular weight is 443 g/mol. The van der Waals surface area contributed by atoms with E-state index in [2.05, 4.69) is 10.1 Å². The van der Waals surface area contributed by atoms with Crippen molar-refractivity contribution in [2.75, 3.05) is 24.2 Å². The van der Waals surface area contributed by atoms with Gasteiger partial charge in [-0.1, -0.05) is 35.0 Å². The molecule has 0 aliphatic rings. The van der Waals surface area contributed by atoms with E-state index in [1.54, 1.807) is 19.2 Å². The number of amides is 1. The Balaban J connectivity index is 1.73. The van der Waals surface area contributed by atoms with Gasteiger partial charge in [-0.3, -0.25) is 9.10 Å². The molecule has 3 aromatic rings. The summed E-state index contributed by atoms with van der Waals surface area (Å²) in [6.07, 6.45) is 1.08. The van der Waals surface area contributed by atoms with Crippen molar-refractivity contribution in [2.24, 2.45) is 0 Å². The molecule has 1 heterocycles. The minimum atomic E-state index is -3.65. The zero-order chi connectivity index (χ0) is 22.8. The Bertz CT molecular complexity index is 1200. The van der Waals surface area contributed by atoms with E-state index in [4.69, 9.17) is 4.52 Å². The number of anilines is 1. The SMILES string of the molecule is Cc1cccc(-c2noc(CN(C)C(=O)CN(c3ccc(C)c(C)c3)S(C)(=O)=O)n2)c1. The summed E-state index contributed by atoms with van der Waals surface area (Å²) in [5.41, 5.74) is 4.33. The number of likely N-dealkylation sites (N-methyl/N-ethyl adjacent to an activating group) is 1. The summed E-state index contributed by atoms with van der Waals surface area (Å²) in [5.74, 6) is 0.316. The fraction of sp³-hybridized carbons (Fsp3) is 0.318. The van der Waals surface area contributed by atoms with Gasteiger partial charge in [0.2, 0.25) is 27.6 Å². The topological polar surface area (TPSA) is 96.6 Å². The van der Waals surface area contributed by atoms with Gasteiger partial charge in [-0.15, -0.1) is 0 Å². The van der Waals surface area contributed by atoms with E-state index in [-0.39, 0.29) is 24.9 Å². The fourth-order valence-electron chi connectivity index (χ4n) is 3.04. The number of carbonyl (C=O) groups is 1. The van der Waals surface area contributed by atoms with Crippen LogP contribution in [0, 0.1) is 20.8 Å². The first-order chi connectivity index (χ1) is 14.5. The highest BCUT2D eigenvalue weighted by Crippen LogP contribution is 2.22. The molecule has 8 nitrogen and oxygen atoms in total. The molecule has 0 aliphatic carbocycles. The van der Waals surface area contributed by atoms with Crippen molar-refractivity contribution in [1.29, 1.82) is 0 Å². The van der Waals surface area contributed by atoms with Crippen LogP contribution in [-0.2, 0) is 21.4 Å². The molecule has 0 fully saturated rings. The molecule has 1 aromatic heterocycles. The van der Waals surface area contributed by atoms with E-state index in [1.807, 2.05) is 51.1 Å². The van der Waals surface area contributed by atoms with Crippen LogP contribution in [0.1, 0.15) is 22.6 Å². The Labute approximate surface area is 182 Å². The van der Waals surface area contributed by atoms with Gasteiger partial charge in [-0.05, 0) is 50.1 Å². The van der Waals surface area contributed by atoms with Crippen LogP contribution in [0.15, 0.2) is 47.0 Å². The number of hydrogen-bond donors (Lipinski definition) is 0. The first-order valence-corrected chi connectivity index (χ1v) is 11.6. The van der Waals surface area contributed by atoms with Crippen molar-refractivity contribution in [3.63, 3.8) is 0 Å². The van der Waals surface area contributed by atoms with Crippen molar-refractivity contribution < 1.29 is 17.7 Å². The summed E-state index contributed by atoms with van der Waals surface area (Å²) in [6, 6.07) is 13.0. The maximum atomic E-state index is 12.8.